The van der Waals surface area contributed by atoms with Gasteiger partial charge in [-0.05, 0) is 37.0 Å². The second-order valence-corrected chi connectivity index (χ2v) is 7.62. The summed E-state index contributed by atoms with van der Waals surface area (Å²) < 4.78 is 15.6. The van der Waals surface area contributed by atoms with Crippen LogP contribution in [0.3, 0.4) is 0 Å². The lowest BCUT2D eigenvalue weighted by atomic mass is 9.87. The molecule has 0 heterocycles. The maximum absolute atomic E-state index is 12.1. The van der Waals surface area contributed by atoms with Crippen molar-refractivity contribution < 1.29 is 38.5 Å². The summed E-state index contributed by atoms with van der Waals surface area (Å²) in [5, 5.41) is 9.46. The monoisotopic (exact) mass is 437 g/mol. The summed E-state index contributed by atoms with van der Waals surface area (Å²) in [6.07, 6.45) is 0.636. The molecule has 0 radical (unpaired) electrons. The highest BCUT2D eigenvalue weighted by molar-refractivity contribution is 5.76. The largest absolute Gasteiger partial charge is 0.480 e. The Morgan fingerprint density at radius 3 is 2.13 bits per heavy atom. The molecule has 0 saturated heterocycles. The summed E-state index contributed by atoms with van der Waals surface area (Å²) in [4.78, 5) is 46.4. The zero-order chi connectivity index (χ0) is 23.7. The third kappa shape index (κ3) is 8.75. The minimum absolute atomic E-state index is 0.0159. The molecule has 0 fully saturated rings. The van der Waals surface area contributed by atoms with E-state index in [1.165, 1.54) is 32.0 Å². The fourth-order valence-corrected chi connectivity index (χ4v) is 3.00. The maximum atomic E-state index is 12.1. The molecule has 172 valence electrons. The maximum Gasteiger partial charge on any atom is 0.321 e. The van der Waals surface area contributed by atoms with Crippen LogP contribution in [0.25, 0.3) is 0 Å². The van der Waals surface area contributed by atoms with Gasteiger partial charge in [0.15, 0.2) is 11.5 Å². The van der Waals surface area contributed by atoms with E-state index in [0.29, 0.717) is 5.56 Å². The zero-order valence-corrected chi connectivity index (χ0v) is 18.5. The first-order valence-electron chi connectivity index (χ1n) is 10.1. The number of hydrogen-bond donors (Lipinski definition) is 2. The van der Waals surface area contributed by atoms with Gasteiger partial charge < -0.3 is 25.1 Å². The van der Waals surface area contributed by atoms with E-state index in [1.54, 1.807) is 6.92 Å². The quantitative estimate of drug-likeness (QED) is 0.394. The molecular formula is C22H31NO8. The highest BCUT2D eigenvalue weighted by Gasteiger charge is 2.30. The molecule has 0 saturated carbocycles. The number of ether oxygens (including phenoxy) is 3. The second kappa shape index (κ2) is 12.0. The van der Waals surface area contributed by atoms with Crippen LogP contribution < -0.4 is 15.2 Å². The summed E-state index contributed by atoms with van der Waals surface area (Å²) in [5.74, 6) is -3.46. The van der Waals surface area contributed by atoms with Crippen LogP contribution in [0.5, 0.6) is 11.5 Å². The minimum Gasteiger partial charge on any atom is -0.480 e. The van der Waals surface area contributed by atoms with Crippen LogP contribution in [0.15, 0.2) is 18.2 Å². The molecule has 3 unspecified atom stereocenters. The first kappa shape index (κ1) is 26.1. The van der Waals surface area contributed by atoms with Gasteiger partial charge in [-0.1, -0.05) is 26.3 Å². The van der Waals surface area contributed by atoms with Crippen molar-refractivity contribution in [1.82, 2.24) is 0 Å². The van der Waals surface area contributed by atoms with Gasteiger partial charge in [0.25, 0.3) is 0 Å². The highest BCUT2D eigenvalue weighted by Crippen LogP contribution is 2.34. The molecule has 1 aromatic rings. The number of carbonyl (C=O) groups is 4. The molecule has 0 aromatic heterocycles. The third-order valence-electron chi connectivity index (χ3n) is 4.75. The number of carboxylic acids is 1. The Morgan fingerprint density at radius 1 is 1.03 bits per heavy atom. The Balaban J connectivity index is 3.17. The molecule has 9 nitrogen and oxygen atoms in total. The smallest absolute Gasteiger partial charge is 0.321 e. The average molecular weight is 437 g/mol. The molecule has 0 aliphatic carbocycles. The van der Waals surface area contributed by atoms with E-state index in [4.69, 9.17) is 19.9 Å². The predicted octanol–water partition coefficient (Wildman–Crippen LogP) is 2.79. The summed E-state index contributed by atoms with van der Waals surface area (Å²) >= 11 is 0. The van der Waals surface area contributed by atoms with Crippen LogP contribution in [0, 0.1) is 5.92 Å². The molecule has 1 aromatic carbocycles. The SMILES string of the molecule is CCC(C)CC(=O)OC(C)CC(c1ccc(OC(C)=O)c(OC(C)=O)c1)[C@H](N)C(=O)O. The number of carbonyl (C=O) groups excluding carboxylic acids is 3. The highest BCUT2D eigenvalue weighted by atomic mass is 16.6. The molecule has 0 aliphatic rings. The Kier molecular flexibility index (Phi) is 10.1. The zero-order valence-electron chi connectivity index (χ0n) is 18.5. The average Bonchev–Trinajstić information content (AvgIpc) is 2.65. The number of nitrogens with two attached hydrogens (primary N) is 1. The van der Waals surface area contributed by atoms with Crippen molar-refractivity contribution in [2.75, 3.05) is 0 Å². The van der Waals surface area contributed by atoms with Crippen LogP contribution in [0.4, 0.5) is 0 Å². The number of hydrogen-bond acceptors (Lipinski definition) is 8. The van der Waals surface area contributed by atoms with Crippen molar-refractivity contribution in [2.24, 2.45) is 11.7 Å². The fraction of sp³-hybridized carbons (Fsp3) is 0.545. The minimum atomic E-state index is -1.31. The standard InChI is InChI=1S/C22H31NO8/c1-6-12(2)9-20(26)29-13(3)10-17(21(23)22(27)28)16-7-8-18(30-14(4)24)19(11-16)31-15(5)25/h7-8,11-13,17,21H,6,9-10,23H2,1-5H3,(H,27,28)/t12?,13?,17?,21-/m0/s1. The number of benzene rings is 1. The van der Waals surface area contributed by atoms with Gasteiger partial charge >= 0.3 is 23.9 Å². The van der Waals surface area contributed by atoms with Gasteiger partial charge in [0.05, 0.1) is 6.10 Å². The van der Waals surface area contributed by atoms with Crippen molar-refractivity contribution in [2.45, 2.75) is 71.9 Å². The van der Waals surface area contributed by atoms with E-state index < -0.39 is 36.0 Å². The summed E-state index contributed by atoms with van der Waals surface area (Å²) in [5.41, 5.74) is 6.35. The molecular weight excluding hydrogens is 406 g/mol. The molecule has 1 rings (SSSR count). The molecule has 0 spiro atoms. The third-order valence-corrected chi connectivity index (χ3v) is 4.75. The van der Waals surface area contributed by atoms with E-state index in [2.05, 4.69) is 0 Å². The topological polar surface area (TPSA) is 142 Å². The van der Waals surface area contributed by atoms with Crippen molar-refractivity contribution in [3.63, 3.8) is 0 Å². The molecule has 0 amide bonds. The normalized spacial score (nSPS) is 14.6. The first-order chi connectivity index (χ1) is 14.4. The number of carboxylic acid groups (broad SMARTS) is 1. The van der Waals surface area contributed by atoms with E-state index in [1.807, 2.05) is 13.8 Å². The van der Waals surface area contributed by atoms with Crippen LogP contribution in [-0.2, 0) is 23.9 Å². The van der Waals surface area contributed by atoms with Gasteiger partial charge in [0.1, 0.15) is 6.04 Å². The van der Waals surface area contributed by atoms with Crippen LogP contribution >= 0.6 is 0 Å². The first-order valence-corrected chi connectivity index (χ1v) is 10.1. The van der Waals surface area contributed by atoms with E-state index >= 15 is 0 Å². The van der Waals surface area contributed by atoms with Crippen molar-refractivity contribution in [3.05, 3.63) is 23.8 Å². The molecule has 0 aliphatic heterocycles. The van der Waals surface area contributed by atoms with Gasteiger partial charge in [-0.3, -0.25) is 19.2 Å². The van der Waals surface area contributed by atoms with Gasteiger partial charge in [-0.25, -0.2) is 0 Å². The lowest BCUT2D eigenvalue weighted by molar-refractivity contribution is -0.150. The van der Waals surface area contributed by atoms with Crippen molar-refractivity contribution in [1.29, 1.82) is 0 Å². The molecule has 9 heteroatoms. The van der Waals surface area contributed by atoms with Crippen LogP contribution in [0.2, 0.25) is 0 Å². The summed E-state index contributed by atoms with van der Waals surface area (Å²) in [6.45, 7) is 7.96. The van der Waals surface area contributed by atoms with Crippen molar-refractivity contribution in [3.8, 4) is 11.5 Å². The fourth-order valence-electron chi connectivity index (χ4n) is 3.00. The van der Waals surface area contributed by atoms with E-state index in [-0.39, 0.29) is 36.2 Å². The second-order valence-electron chi connectivity index (χ2n) is 7.62. The molecule has 0 bridgehead atoms. The molecule has 4 atom stereocenters. The predicted molar refractivity (Wildman–Crippen MR) is 112 cm³/mol. The molecule has 31 heavy (non-hydrogen) atoms. The van der Waals surface area contributed by atoms with Gasteiger partial charge in [0, 0.05) is 26.2 Å². The summed E-state index contributed by atoms with van der Waals surface area (Å²) in [6, 6.07) is 3.03. The summed E-state index contributed by atoms with van der Waals surface area (Å²) in [7, 11) is 0. The Bertz CT molecular complexity index is 807. The Hall–Kier alpha value is -2.94. The Labute approximate surface area is 181 Å². The lowest BCUT2D eigenvalue weighted by Crippen LogP contribution is -2.38. The Morgan fingerprint density at radius 2 is 1.61 bits per heavy atom. The van der Waals surface area contributed by atoms with E-state index in [9.17, 15) is 24.3 Å². The van der Waals surface area contributed by atoms with Gasteiger partial charge in [-0.15, -0.1) is 0 Å². The van der Waals surface area contributed by atoms with Crippen molar-refractivity contribution >= 4 is 23.9 Å². The van der Waals surface area contributed by atoms with Gasteiger partial charge in [0.2, 0.25) is 0 Å². The number of esters is 3. The molecule has 3 N–H and O–H groups in total. The van der Waals surface area contributed by atoms with Gasteiger partial charge in [-0.2, -0.15) is 0 Å². The number of aliphatic carboxylic acids is 1. The van der Waals surface area contributed by atoms with Crippen LogP contribution in [-0.4, -0.2) is 41.1 Å². The van der Waals surface area contributed by atoms with Crippen LogP contribution in [0.1, 0.15) is 65.4 Å². The lowest BCUT2D eigenvalue weighted by Gasteiger charge is -2.25. The van der Waals surface area contributed by atoms with E-state index in [0.717, 1.165) is 6.42 Å². The number of rotatable bonds is 11.